The van der Waals surface area contributed by atoms with Crippen molar-refractivity contribution in [1.82, 2.24) is 10.2 Å². The first-order valence-electron chi connectivity index (χ1n) is 10.5. The van der Waals surface area contributed by atoms with E-state index >= 15 is 0 Å². The predicted molar refractivity (Wildman–Crippen MR) is 106 cm³/mol. The molecule has 2 saturated carbocycles. The average Bonchev–Trinajstić information content (AvgIpc) is 3.15. The van der Waals surface area contributed by atoms with Crippen LogP contribution in [0.2, 0.25) is 0 Å². The number of fused-ring (bicyclic) bond motifs is 1. The minimum atomic E-state index is -0.735. The van der Waals surface area contributed by atoms with Crippen molar-refractivity contribution >= 4 is 23.6 Å². The highest BCUT2D eigenvalue weighted by Gasteiger charge is 2.54. The fourth-order valence-electron chi connectivity index (χ4n) is 5.03. The van der Waals surface area contributed by atoms with Gasteiger partial charge in [-0.3, -0.25) is 9.59 Å². The van der Waals surface area contributed by atoms with E-state index < -0.39 is 5.54 Å². The number of carbonyl (C=O) groups is 2. The van der Waals surface area contributed by atoms with Gasteiger partial charge in [-0.1, -0.05) is 32.1 Å². The summed E-state index contributed by atoms with van der Waals surface area (Å²) >= 11 is 1.82. The number of nitrogens with zero attached hydrogens (tertiary/aromatic N) is 1. The van der Waals surface area contributed by atoms with Crippen molar-refractivity contribution in [3.63, 3.8) is 0 Å². The fourth-order valence-corrected chi connectivity index (χ4v) is 6.57. The van der Waals surface area contributed by atoms with Crippen LogP contribution in [0.4, 0.5) is 0 Å². The van der Waals surface area contributed by atoms with Crippen LogP contribution in [0.3, 0.4) is 0 Å². The molecule has 1 saturated heterocycles. The van der Waals surface area contributed by atoms with Gasteiger partial charge in [0.1, 0.15) is 11.3 Å². The Bertz CT molecular complexity index is 656. The third kappa shape index (κ3) is 3.78. The zero-order valence-corrected chi connectivity index (χ0v) is 16.8. The summed E-state index contributed by atoms with van der Waals surface area (Å²) in [6.45, 7) is 0.390. The SMILES string of the molecule is O=C1CCSC2CCCCC2(C(=O)NC2CCCCC2)N1Cc1ccco1. The molecule has 2 heterocycles. The highest BCUT2D eigenvalue weighted by molar-refractivity contribution is 8.00. The molecular formula is C21H30N2O3S. The molecule has 148 valence electrons. The highest BCUT2D eigenvalue weighted by Crippen LogP contribution is 2.44. The van der Waals surface area contributed by atoms with Crippen molar-refractivity contribution in [2.24, 2.45) is 0 Å². The van der Waals surface area contributed by atoms with Gasteiger partial charge in [0.2, 0.25) is 11.8 Å². The van der Waals surface area contributed by atoms with Crippen LogP contribution in [0, 0.1) is 0 Å². The van der Waals surface area contributed by atoms with Gasteiger partial charge in [0.25, 0.3) is 0 Å². The molecule has 5 nitrogen and oxygen atoms in total. The molecule has 3 aliphatic rings. The van der Waals surface area contributed by atoms with Gasteiger partial charge in [-0.25, -0.2) is 0 Å². The van der Waals surface area contributed by atoms with Crippen LogP contribution in [-0.4, -0.2) is 39.3 Å². The van der Waals surface area contributed by atoms with E-state index in [0.29, 0.717) is 13.0 Å². The standard InChI is InChI=1S/C21H30N2O3S/c24-19-11-14-27-18-10-4-5-12-21(18,23(19)15-17-9-6-13-26-17)20(25)22-16-7-2-1-3-8-16/h6,9,13,16,18H,1-5,7-8,10-12,14-15H2,(H,22,25). The second-order valence-corrected chi connectivity index (χ2v) is 9.46. The number of nitrogens with one attached hydrogen (secondary N) is 1. The second kappa shape index (κ2) is 8.29. The number of rotatable bonds is 4. The molecule has 4 rings (SSSR count). The van der Waals surface area contributed by atoms with Crippen molar-refractivity contribution in [1.29, 1.82) is 0 Å². The maximum absolute atomic E-state index is 13.7. The Morgan fingerprint density at radius 2 is 2.04 bits per heavy atom. The number of amides is 2. The van der Waals surface area contributed by atoms with Crippen LogP contribution >= 0.6 is 11.8 Å². The average molecular weight is 391 g/mol. The van der Waals surface area contributed by atoms with E-state index in [1.807, 2.05) is 28.8 Å². The fraction of sp³-hybridized carbons (Fsp3) is 0.714. The quantitative estimate of drug-likeness (QED) is 0.848. The number of carbonyl (C=O) groups excluding carboxylic acids is 2. The third-order valence-electron chi connectivity index (χ3n) is 6.45. The molecule has 1 aromatic heterocycles. The predicted octanol–water partition coefficient (Wildman–Crippen LogP) is 3.88. The summed E-state index contributed by atoms with van der Waals surface area (Å²) < 4.78 is 5.55. The Kier molecular flexibility index (Phi) is 5.81. The van der Waals surface area contributed by atoms with E-state index in [-0.39, 0.29) is 23.1 Å². The lowest BCUT2D eigenvalue weighted by molar-refractivity contribution is -0.151. The van der Waals surface area contributed by atoms with Crippen molar-refractivity contribution in [3.8, 4) is 0 Å². The lowest BCUT2D eigenvalue weighted by atomic mass is 9.78. The lowest BCUT2D eigenvalue weighted by Crippen LogP contribution is -2.66. The molecule has 1 aliphatic heterocycles. The molecule has 0 spiro atoms. The van der Waals surface area contributed by atoms with E-state index in [0.717, 1.165) is 50.0 Å². The van der Waals surface area contributed by atoms with Crippen LogP contribution in [0.5, 0.6) is 0 Å². The Balaban J connectivity index is 1.65. The summed E-state index contributed by atoms with van der Waals surface area (Å²) in [5.41, 5.74) is -0.735. The molecule has 1 N–H and O–H groups in total. The molecule has 0 bridgehead atoms. The van der Waals surface area contributed by atoms with Gasteiger partial charge in [0.15, 0.2) is 0 Å². The summed E-state index contributed by atoms with van der Waals surface area (Å²) in [6, 6.07) is 4.01. The molecule has 2 unspecified atom stereocenters. The van der Waals surface area contributed by atoms with Gasteiger partial charge >= 0.3 is 0 Å². The summed E-state index contributed by atoms with van der Waals surface area (Å²) in [5, 5.41) is 3.54. The van der Waals surface area contributed by atoms with Crippen LogP contribution in [0.15, 0.2) is 22.8 Å². The van der Waals surface area contributed by atoms with E-state index in [1.54, 1.807) is 6.26 Å². The summed E-state index contributed by atoms with van der Waals surface area (Å²) in [4.78, 5) is 28.7. The lowest BCUT2D eigenvalue weighted by Gasteiger charge is -2.48. The first-order valence-corrected chi connectivity index (χ1v) is 11.5. The molecule has 2 atom stereocenters. The largest absolute Gasteiger partial charge is 0.467 e. The van der Waals surface area contributed by atoms with E-state index in [1.165, 1.54) is 19.3 Å². The van der Waals surface area contributed by atoms with Gasteiger partial charge in [-0.2, -0.15) is 11.8 Å². The Morgan fingerprint density at radius 3 is 2.81 bits per heavy atom. The molecule has 27 heavy (non-hydrogen) atoms. The van der Waals surface area contributed by atoms with E-state index in [9.17, 15) is 9.59 Å². The number of furan rings is 1. The zero-order valence-electron chi connectivity index (χ0n) is 16.0. The van der Waals surface area contributed by atoms with Crippen molar-refractivity contribution in [3.05, 3.63) is 24.2 Å². The topological polar surface area (TPSA) is 62.6 Å². The molecule has 2 aliphatic carbocycles. The molecule has 0 radical (unpaired) electrons. The van der Waals surface area contributed by atoms with Gasteiger partial charge < -0.3 is 14.6 Å². The van der Waals surface area contributed by atoms with Crippen LogP contribution in [-0.2, 0) is 16.1 Å². The number of thioether (sulfide) groups is 1. The van der Waals surface area contributed by atoms with Crippen LogP contribution < -0.4 is 5.32 Å². The molecule has 2 amide bonds. The minimum Gasteiger partial charge on any atom is -0.467 e. The van der Waals surface area contributed by atoms with Crippen LogP contribution in [0.1, 0.15) is 70.0 Å². The number of hydrogen-bond donors (Lipinski definition) is 1. The Morgan fingerprint density at radius 1 is 1.22 bits per heavy atom. The molecule has 6 heteroatoms. The molecule has 1 aromatic rings. The number of hydrogen-bond acceptors (Lipinski definition) is 4. The normalized spacial score (nSPS) is 29.9. The van der Waals surface area contributed by atoms with Crippen molar-refractivity contribution < 1.29 is 14.0 Å². The van der Waals surface area contributed by atoms with Gasteiger partial charge in [-0.15, -0.1) is 0 Å². The summed E-state index contributed by atoms with van der Waals surface area (Å²) in [7, 11) is 0. The molecule has 0 aromatic carbocycles. The van der Waals surface area contributed by atoms with Crippen molar-refractivity contribution in [2.45, 2.75) is 87.6 Å². The Hall–Kier alpha value is -1.43. The maximum Gasteiger partial charge on any atom is 0.247 e. The van der Waals surface area contributed by atoms with E-state index in [4.69, 9.17) is 4.42 Å². The Labute approximate surface area is 165 Å². The first kappa shape index (κ1) is 18.9. The molecular weight excluding hydrogens is 360 g/mol. The zero-order chi connectivity index (χ0) is 18.7. The third-order valence-corrected chi connectivity index (χ3v) is 7.92. The maximum atomic E-state index is 13.7. The van der Waals surface area contributed by atoms with Crippen LogP contribution in [0.25, 0.3) is 0 Å². The van der Waals surface area contributed by atoms with Gasteiger partial charge in [-0.05, 0) is 37.8 Å². The van der Waals surface area contributed by atoms with Gasteiger partial charge in [0.05, 0.1) is 12.8 Å². The highest BCUT2D eigenvalue weighted by atomic mass is 32.2. The van der Waals surface area contributed by atoms with Crippen molar-refractivity contribution in [2.75, 3.05) is 5.75 Å². The minimum absolute atomic E-state index is 0.0772. The van der Waals surface area contributed by atoms with Gasteiger partial charge in [0, 0.05) is 23.5 Å². The summed E-state index contributed by atoms with van der Waals surface area (Å²) in [5.74, 6) is 1.72. The smallest absolute Gasteiger partial charge is 0.247 e. The first-order chi connectivity index (χ1) is 13.2. The molecule has 3 fully saturated rings. The van der Waals surface area contributed by atoms with E-state index in [2.05, 4.69) is 5.32 Å². The summed E-state index contributed by atoms with van der Waals surface area (Å²) in [6.07, 6.45) is 11.8. The monoisotopic (exact) mass is 390 g/mol. The second-order valence-electron chi connectivity index (χ2n) is 8.15.